The van der Waals surface area contributed by atoms with Crippen molar-refractivity contribution in [2.45, 2.75) is 38.9 Å². The second-order valence-electron chi connectivity index (χ2n) is 6.94. The maximum Gasteiger partial charge on any atom is 1.00 e. The Bertz CT molecular complexity index is 925. The third kappa shape index (κ3) is 19.2. The van der Waals surface area contributed by atoms with E-state index in [1.54, 1.807) is 0 Å². The van der Waals surface area contributed by atoms with E-state index in [0.29, 0.717) is 32.7 Å². The van der Waals surface area contributed by atoms with Crippen molar-refractivity contribution in [3.8, 4) is 0 Å². The van der Waals surface area contributed by atoms with E-state index < -0.39 is 20.2 Å². The van der Waals surface area contributed by atoms with Crippen molar-refractivity contribution in [3.63, 3.8) is 0 Å². The Hall–Kier alpha value is -0.820. The molecule has 0 bridgehead atoms. The summed E-state index contributed by atoms with van der Waals surface area (Å²) < 4.78 is 61.5. The molecular weight excluding hydrogens is 479 g/mol. The van der Waals surface area contributed by atoms with Gasteiger partial charge in [-0.3, -0.25) is 4.18 Å². The van der Waals surface area contributed by atoms with E-state index in [2.05, 4.69) is 4.18 Å². The first-order valence-corrected chi connectivity index (χ1v) is 13.4. The summed E-state index contributed by atoms with van der Waals surface area (Å²) in [5.41, 5.74) is 2.05. The molecule has 1 aliphatic heterocycles. The van der Waals surface area contributed by atoms with E-state index in [1.807, 2.05) is 60.7 Å². The minimum atomic E-state index is -4.07. The van der Waals surface area contributed by atoms with Gasteiger partial charge in [0.05, 0.1) is 35.7 Å². The molecule has 0 aliphatic carbocycles. The van der Waals surface area contributed by atoms with Crippen LogP contribution >= 0.6 is 0 Å². The van der Waals surface area contributed by atoms with Crippen molar-refractivity contribution in [1.29, 1.82) is 0 Å². The molecule has 1 saturated heterocycles. The molecule has 0 spiro atoms. The van der Waals surface area contributed by atoms with E-state index in [0.717, 1.165) is 24.0 Å². The van der Waals surface area contributed by atoms with Crippen molar-refractivity contribution in [3.05, 3.63) is 71.8 Å². The van der Waals surface area contributed by atoms with Gasteiger partial charge in [-0.25, -0.2) is 8.42 Å². The Morgan fingerprint density at radius 3 is 1.91 bits per heavy atom. The third-order valence-electron chi connectivity index (χ3n) is 4.12. The predicted molar refractivity (Wildman–Crippen MR) is 121 cm³/mol. The van der Waals surface area contributed by atoms with E-state index in [1.165, 1.54) is 0 Å². The van der Waals surface area contributed by atoms with Gasteiger partial charge in [-0.05, 0) is 36.8 Å². The molecule has 11 heteroatoms. The van der Waals surface area contributed by atoms with E-state index in [4.69, 9.17) is 9.84 Å². The standard InChI is InChI=1S/C11H16O4S.C7H8O.C4H8O3S.Na/c12-16(13,14)9-5-4-8-15-10-11-6-2-1-3-7-11;8-6-7-4-2-1-3-5-7;5-8(6)4-2-1-3-7-8;/h1-3,6-7H,4-5,8-10H2,(H,12,13,14);1-5,8H,6H2;1-4H2;/q;;;+1/p-1. The Morgan fingerprint density at radius 2 is 1.52 bits per heavy atom. The zero-order chi connectivity index (χ0) is 23.7. The van der Waals surface area contributed by atoms with Crippen LogP contribution in [0.5, 0.6) is 0 Å². The molecule has 8 nitrogen and oxygen atoms in total. The first kappa shape index (κ1) is 32.2. The minimum Gasteiger partial charge on any atom is -0.748 e. The molecule has 0 amide bonds. The molecule has 0 radical (unpaired) electrons. The topological polar surface area (TPSA) is 130 Å². The number of benzene rings is 2. The van der Waals surface area contributed by atoms with Crippen molar-refractivity contribution in [2.75, 3.05) is 24.7 Å². The van der Waals surface area contributed by atoms with Crippen LogP contribution in [0.4, 0.5) is 0 Å². The quantitative estimate of drug-likeness (QED) is 0.224. The summed E-state index contributed by atoms with van der Waals surface area (Å²) in [4.78, 5) is 0. The van der Waals surface area contributed by atoms with Gasteiger partial charge >= 0.3 is 29.6 Å². The SMILES string of the molecule is O=S(=O)([O-])CCCCOCc1ccccc1.O=S1(=O)CCCCO1.OCc1ccccc1.[Na+]. The molecule has 0 aromatic heterocycles. The summed E-state index contributed by atoms with van der Waals surface area (Å²) in [6.07, 6.45) is 2.58. The minimum absolute atomic E-state index is 0. The van der Waals surface area contributed by atoms with Crippen LogP contribution in [-0.4, -0.2) is 51.2 Å². The van der Waals surface area contributed by atoms with Gasteiger partial charge in [-0.15, -0.1) is 0 Å². The van der Waals surface area contributed by atoms with Crippen LogP contribution < -0.4 is 29.6 Å². The van der Waals surface area contributed by atoms with E-state index in [-0.39, 0.29) is 47.7 Å². The monoisotopic (exact) mass is 510 g/mol. The molecule has 3 rings (SSSR count). The zero-order valence-corrected chi connectivity index (χ0v) is 22.6. The van der Waals surface area contributed by atoms with Crippen LogP contribution in [0.15, 0.2) is 60.7 Å². The smallest absolute Gasteiger partial charge is 0.748 e. The normalized spacial score (nSPS) is 14.5. The molecule has 1 fully saturated rings. The molecule has 1 heterocycles. The van der Waals surface area contributed by atoms with E-state index in [9.17, 15) is 21.4 Å². The first-order valence-electron chi connectivity index (χ1n) is 10.3. The van der Waals surface area contributed by atoms with Gasteiger partial charge in [0.15, 0.2) is 0 Å². The second kappa shape index (κ2) is 18.5. The summed E-state index contributed by atoms with van der Waals surface area (Å²) in [7, 11) is -7.15. The molecule has 1 aliphatic rings. The van der Waals surface area contributed by atoms with Gasteiger partial charge in [0.25, 0.3) is 10.1 Å². The Balaban J connectivity index is 0.000000506. The van der Waals surface area contributed by atoms with Gasteiger partial charge in [-0.1, -0.05) is 60.7 Å². The van der Waals surface area contributed by atoms with Crippen molar-refractivity contribution < 1.29 is 65.0 Å². The number of aliphatic hydroxyl groups is 1. The van der Waals surface area contributed by atoms with Gasteiger partial charge in [0, 0.05) is 12.4 Å². The van der Waals surface area contributed by atoms with E-state index >= 15 is 0 Å². The summed E-state index contributed by atoms with van der Waals surface area (Å²) >= 11 is 0. The molecule has 2 aromatic carbocycles. The summed E-state index contributed by atoms with van der Waals surface area (Å²) in [5.74, 6) is -0.102. The van der Waals surface area contributed by atoms with Gasteiger partial charge < -0.3 is 14.4 Å². The number of hydrogen-bond donors (Lipinski definition) is 1. The second-order valence-corrected chi connectivity index (χ2v) is 10.2. The van der Waals surface area contributed by atoms with Gasteiger partial charge in [0.1, 0.15) is 0 Å². The molecule has 2 aromatic rings. The summed E-state index contributed by atoms with van der Waals surface area (Å²) in [5, 5.41) is 8.54. The Kier molecular flexibility index (Phi) is 18.0. The number of hydrogen-bond acceptors (Lipinski definition) is 8. The van der Waals surface area contributed by atoms with Gasteiger partial charge in [-0.2, -0.15) is 8.42 Å². The van der Waals surface area contributed by atoms with Crippen molar-refractivity contribution >= 4 is 20.2 Å². The number of ether oxygens (including phenoxy) is 1. The number of rotatable bonds is 8. The molecule has 1 N–H and O–H groups in total. The summed E-state index contributed by atoms with van der Waals surface area (Å²) in [6.45, 7) is 1.51. The fraction of sp³-hybridized carbons (Fsp3) is 0.455. The van der Waals surface area contributed by atoms with Crippen LogP contribution in [0, 0.1) is 0 Å². The summed E-state index contributed by atoms with van der Waals surface area (Å²) in [6, 6.07) is 19.2. The number of aliphatic hydroxyl groups excluding tert-OH is 1. The average Bonchev–Trinajstić information content (AvgIpc) is 2.77. The van der Waals surface area contributed by atoms with Crippen molar-refractivity contribution in [1.82, 2.24) is 0 Å². The van der Waals surface area contributed by atoms with Crippen LogP contribution in [0.1, 0.15) is 36.8 Å². The molecule has 180 valence electrons. The first-order chi connectivity index (χ1) is 15.2. The van der Waals surface area contributed by atoms with Crippen LogP contribution in [-0.2, 0) is 42.4 Å². The number of unbranched alkanes of at least 4 members (excludes halogenated alkanes) is 1. The maximum atomic E-state index is 10.4. The zero-order valence-electron chi connectivity index (χ0n) is 19.0. The van der Waals surface area contributed by atoms with Crippen molar-refractivity contribution in [2.24, 2.45) is 0 Å². The Labute approximate surface area is 219 Å². The molecule has 0 unspecified atom stereocenters. The molecule has 0 saturated carbocycles. The predicted octanol–water partition coefficient (Wildman–Crippen LogP) is -0.162. The fourth-order valence-corrected chi connectivity index (χ4v) is 4.06. The average molecular weight is 511 g/mol. The van der Waals surface area contributed by atoms with Crippen LogP contribution in [0.3, 0.4) is 0 Å². The van der Waals surface area contributed by atoms with Gasteiger partial charge in [0.2, 0.25) is 0 Å². The maximum absolute atomic E-state index is 10.4. The third-order valence-corrected chi connectivity index (χ3v) is 6.22. The molecular formula is C22H31NaO8S2. The van der Waals surface area contributed by atoms with Crippen LogP contribution in [0.25, 0.3) is 0 Å². The Morgan fingerprint density at radius 1 is 0.939 bits per heavy atom. The molecule has 0 atom stereocenters. The largest absolute Gasteiger partial charge is 1.00 e. The molecule has 33 heavy (non-hydrogen) atoms. The fourth-order valence-electron chi connectivity index (χ4n) is 2.46. The van der Waals surface area contributed by atoms with Crippen LogP contribution in [0.2, 0.25) is 0 Å².